The van der Waals surface area contributed by atoms with Crippen LogP contribution in [-0.4, -0.2) is 22.8 Å². The normalized spacial score (nSPS) is 20.0. The first kappa shape index (κ1) is 69.9. The van der Waals surface area contributed by atoms with Crippen LogP contribution in [0.4, 0.5) is 0 Å². The summed E-state index contributed by atoms with van der Waals surface area (Å²) < 4.78 is 184. The molecule has 19 aromatic rings. The zero-order valence-corrected chi connectivity index (χ0v) is 80.4. The molecule has 0 saturated heterocycles. The Labute approximate surface area is 847 Å². The largest absolute Gasteiger partial charge is 0.260 e. The summed E-state index contributed by atoms with van der Waals surface area (Å²) in [6, 6.07) is 117. The average molecular weight is 1840 g/mol. The maximum atomic E-state index is 9.79. The topological polar surface area (TPSA) is 44.0 Å². The second-order valence-electron chi connectivity index (χ2n) is 38.1. The van der Waals surface area contributed by atoms with Crippen LogP contribution in [0.3, 0.4) is 0 Å². The monoisotopic (exact) mass is 1840 g/mol. The smallest absolute Gasteiger partial charge is 0.223 e. The predicted octanol–water partition coefficient (Wildman–Crippen LogP) is 27.6. The maximum absolute atomic E-state index is 9.79. The minimum atomic E-state index is -2.47. The van der Waals surface area contributed by atoms with Gasteiger partial charge in [-0.05, 0) is 118 Å². The zero-order chi connectivity index (χ0) is 112. The van der Waals surface area contributed by atoms with Crippen molar-refractivity contribution in [3.05, 3.63) is 499 Å². The third-order valence-corrected chi connectivity index (χ3v) is 30.4. The molecule has 14 aromatic carbocycles. The van der Waals surface area contributed by atoms with Gasteiger partial charge in [-0.2, -0.15) is 22.8 Å². The van der Waals surface area contributed by atoms with Crippen LogP contribution in [0.25, 0.3) is 84.7 Å². The molecule has 0 amide bonds. The van der Waals surface area contributed by atoms with Crippen molar-refractivity contribution in [3.63, 3.8) is 0 Å². The Balaban J connectivity index is 0.000000111. The van der Waals surface area contributed by atoms with Crippen LogP contribution < -0.4 is 22.8 Å². The lowest BCUT2D eigenvalue weighted by atomic mass is 9.72. The Hall–Kier alpha value is -14.9. The Bertz CT molecular complexity index is 8770. The molecule has 10 heteroatoms. The highest BCUT2D eigenvalue weighted by Crippen LogP contribution is 2.55. The van der Waals surface area contributed by atoms with E-state index in [2.05, 4.69) is 114 Å². The molecule has 10 heterocycles. The van der Waals surface area contributed by atoms with Crippen molar-refractivity contribution in [3.8, 4) is 84.7 Å². The van der Waals surface area contributed by atoms with Crippen LogP contribution in [0.5, 0.6) is 0 Å². The van der Waals surface area contributed by atoms with E-state index in [0.717, 1.165) is 207 Å². The molecule has 0 radical (unpaired) electrons. The number of hydrogen-bond donors (Lipinski definition) is 0. The van der Waals surface area contributed by atoms with Gasteiger partial charge in [0.05, 0.1) is 5.48 Å². The first-order valence-corrected chi connectivity index (χ1v) is 48.8. The number of aromatic nitrogens is 10. The first-order valence-electron chi connectivity index (χ1n) is 58.3. The maximum Gasteiger partial charge on any atom is 0.260 e. The molecule has 2 saturated carbocycles. The van der Waals surface area contributed by atoms with Gasteiger partial charge in [-0.3, -0.25) is 0 Å². The van der Waals surface area contributed by atoms with Gasteiger partial charge in [-0.1, -0.05) is 359 Å². The molecule has 0 N–H and O–H groups in total. The van der Waals surface area contributed by atoms with Crippen molar-refractivity contribution in [1.82, 2.24) is 22.8 Å². The number of para-hydroxylation sites is 5. The number of rotatable bonds is 11. The van der Waals surface area contributed by atoms with Crippen LogP contribution in [0.1, 0.15) is 225 Å². The quantitative estimate of drug-likeness (QED) is 0.116. The summed E-state index contributed by atoms with van der Waals surface area (Å²) in [5.74, 6) is 1.50. The molecule has 0 bridgehead atoms. The number of nitrogens with zero attached hydrogens (tertiary/aromatic N) is 10. The lowest BCUT2D eigenvalue weighted by molar-refractivity contribution is -0.741. The van der Waals surface area contributed by atoms with E-state index in [-0.39, 0.29) is 23.4 Å². The molecule has 3 atom stereocenters. The number of benzene rings is 14. The van der Waals surface area contributed by atoms with E-state index in [1.807, 2.05) is 339 Å². The van der Waals surface area contributed by atoms with Crippen molar-refractivity contribution < 1.29 is 48.9 Å². The van der Waals surface area contributed by atoms with Gasteiger partial charge in [0, 0.05) is 179 Å². The molecule has 3 unspecified atom stereocenters. The summed E-state index contributed by atoms with van der Waals surface area (Å²) in [4.78, 5) is 0. The van der Waals surface area contributed by atoms with Crippen LogP contribution in [0, 0.1) is 115 Å². The molecular weight excluding hydrogens is 1690 g/mol. The second-order valence-corrected chi connectivity index (χ2v) is 38.1. The molecule has 5 aliphatic heterocycles. The fourth-order valence-corrected chi connectivity index (χ4v) is 24.3. The molecule has 10 nitrogen and oxygen atoms in total. The summed E-state index contributed by atoms with van der Waals surface area (Å²) in [7, 11) is 0. The molecule has 139 heavy (non-hydrogen) atoms. The van der Waals surface area contributed by atoms with E-state index in [4.69, 9.17) is 23.3 Å². The molecular formula is C129H127N10+5. The van der Waals surface area contributed by atoms with Gasteiger partial charge >= 0.3 is 0 Å². The summed E-state index contributed by atoms with van der Waals surface area (Å²) in [5, 5.41) is 0. The molecule has 26 rings (SSSR count). The van der Waals surface area contributed by atoms with Crippen LogP contribution in [-0.2, 0) is 17.6 Å². The highest BCUT2D eigenvalue weighted by molar-refractivity contribution is 5.76. The molecule has 2 aliphatic carbocycles. The van der Waals surface area contributed by atoms with Gasteiger partial charge in [0.2, 0.25) is 0 Å². The summed E-state index contributed by atoms with van der Waals surface area (Å²) in [5.41, 5.74) is 29.8. The Morgan fingerprint density at radius 2 is 0.626 bits per heavy atom. The van der Waals surface area contributed by atoms with Crippen LogP contribution in [0.15, 0.2) is 364 Å². The molecule has 0 spiro atoms. The van der Waals surface area contributed by atoms with Crippen LogP contribution in [0.2, 0.25) is 0 Å². The number of imidazole rings is 5. The molecule has 2 fully saturated rings. The van der Waals surface area contributed by atoms with Gasteiger partial charge in [0.15, 0.2) is 74.0 Å². The van der Waals surface area contributed by atoms with Gasteiger partial charge in [-0.15, -0.1) is 0 Å². The highest BCUT2D eigenvalue weighted by Gasteiger charge is 2.59. The van der Waals surface area contributed by atoms with Crippen molar-refractivity contribution in [2.24, 2.45) is 11.8 Å². The third-order valence-electron chi connectivity index (χ3n) is 30.4. The van der Waals surface area contributed by atoms with Crippen molar-refractivity contribution in [1.29, 1.82) is 0 Å². The van der Waals surface area contributed by atoms with Crippen LogP contribution >= 0.6 is 0 Å². The van der Waals surface area contributed by atoms with E-state index in [0.29, 0.717) is 28.8 Å². The Morgan fingerprint density at radius 1 is 0.288 bits per heavy atom. The summed E-state index contributed by atoms with van der Waals surface area (Å²) in [6.07, 6.45) is 8.65. The molecule has 7 aliphatic rings. The van der Waals surface area contributed by atoms with Gasteiger partial charge in [0.1, 0.15) is 41.0 Å². The predicted molar refractivity (Wildman–Crippen MR) is 564 cm³/mol. The van der Waals surface area contributed by atoms with Gasteiger partial charge in [-0.25, -0.2) is 22.8 Å². The first-order chi connectivity index (χ1) is 75.4. The second kappa shape index (κ2) is 36.2. The number of hydrogen-bond acceptors (Lipinski definition) is 0. The SMILES string of the molecule is [2H]C([2H])([2H])c1n(-c2ccccc2C)c(C)c2[n+]1C([2H])(C1CCCC1)c1ccccc1-2.[2H]C([2H])([2H])c1n(-c2ccccc2C)c(C)c2[n+]1C([2H])([2H])c1ccccc1-2.[2H]C([2H])([2H])c1n(-c2ccccc2C)c(C)c2[n+]1C([2H])(c1ccccc1)c1ccccc1-2.[2H]C([2H])([2H])c1n(-c2ccccc2C)c(C)c2[n+]1C(c1ccccc1)(C1CCCC1)c1ccccc1-2.[2H]C([2H])([2H])c1n(-c2ccccc2C)c(C)c2[n+]1C(c1ccccc1)(c1ccccc1)c1ccccc1-2. The lowest BCUT2D eigenvalue weighted by Gasteiger charge is -2.35. The van der Waals surface area contributed by atoms with E-state index in [1.165, 1.54) is 28.5 Å². The minimum Gasteiger partial charge on any atom is -0.223 e. The van der Waals surface area contributed by atoms with E-state index >= 15 is 0 Å². The average Bonchev–Trinajstić information content (AvgIpc) is 1.49. The fourth-order valence-electron chi connectivity index (χ4n) is 24.3. The van der Waals surface area contributed by atoms with E-state index in [1.54, 1.807) is 21.3 Å². The standard InChI is InChI=1S/C31H27N2.C30H31N2.C25H23N2.C24H27N2.C19H19N2/c1-22-14-10-13-21-29(22)32-23(2)30-27-19-11-12-20-28(27)31(33(30)24(32)3,25-15-6-4-7-16-25)26-17-8-5-9-18-26;1-21-13-7-12-20-28(21)31-22(2)29-26-18-10-11-19-27(26)30(32(29)23(31)3,25-16-8-9-17-25)24-14-5-4-6-15-24;1-17-11-7-10-16-23(17)26-18(2)24-21-14-8-9-15-22(21)25(27(24)19(26)3)20-12-5-4-6-13-20;1-16-10-4-9-15-22(16)25-17(2)23-20-13-7-8-14-21(20)24(26(23)18(25)3)19-11-5-6-12-19;1-13-8-4-7-11-18(13)21-14(2)19-17-10-6-5-9-16(17)12-20(19)15(21)3/h4-21H,1-3H3;4-7,10-15,18-20,25H,8-9,16-17H2,1-3H3;4-16,25H,1-3H3;4,7-10,13-15,19,24H,5-6,11-12H2,1-3H3;4-11H,12H2,1-3H3/q5*+1/i2*3D3;3D3,25D;3D3,24D;3D3,12D2. The van der Waals surface area contributed by atoms with Crippen molar-refractivity contribution in [2.45, 2.75) is 184 Å². The minimum absolute atomic E-state index is 0.0134. The van der Waals surface area contributed by atoms with Crippen molar-refractivity contribution >= 4 is 0 Å². The number of fused-ring (bicyclic) bond motifs is 15. The third kappa shape index (κ3) is 14.2. The summed E-state index contributed by atoms with van der Waals surface area (Å²) in [6.45, 7) is 6.08. The zero-order valence-electron chi connectivity index (χ0n) is 99.4. The molecule has 688 valence electrons. The van der Waals surface area contributed by atoms with E-state index in [9.17, 15) is 2.74 Å². The number of aryl methyl sites for hydroxylation is 5. The lowest BCUT2D eigenvalue weighted by Crippen LogP contribution is -2.60. The van der Waals surface area contributed by atoms with Crippen molar-refractivity contribution in [2.75, 3.05) is 0 Å². The van der Waals surface area contributed by atoms with Gasteiger partial charge < -0.3 is 0 Å². The summed E-state index contributed by atoms with van der Waals surface area (Å²) >= 11 is 0. The Morgan fingerprint density at radius 3 is 1.12 bits per heavy atom. The van der Waals surface area contributed by atoms with E-state index < -0.39 is 63.9 Å². The fraction of sp³-hybridized carbons (Fsp3) is 0.233. The molecule has 5 aromatic heterocycles. The highest BCUT2D eigenvalue weighted by atomic mass is 15.3. The van der Waals surface area contributed by atoms with Gasteiger partial charge in [0.25, 0.3) is 29.1 Å². The Kier molecular flexibility index (Phi) is 18.2.